The highest BCUT2D eigenvalue weighted by Gasteiger charge is 2.01. The van der Waals surface area contributed by atoms with Crippen molar-refractivity contribution in [3.05, 3.63) is 58.9 Å². The van der Waals surface area contributed by atoms with Gasteiger partial charge in [0.1, 0.15) is 0 Å². The molecule has 0 aliphatic heterocycles. The first kappa shape index (κ1) is 11.6. The molecular weight excluding hydrogens is 208 g/mol. The van der Waals surface area contributed by atoms with Crippen molar-refractivity contribution in [3.63, 3.8) is 0 Å². The molecule has 2 rings (SSSR count). The fourth-order valence-electron chi connectivity index (χ4n) is 1.88. The minimum atomic E-state index is 0.837. The van der Waals surface area contributed by atoms with E-state index in [0.717, 1.165) is 24.1 Å². The summed E-state index contributed by atoms with van der Waals surface area (Å²) >= 11 is 0. The molecule has 0 amide bonds. The summed E-state index contributed by atoms with van der Waals surface area (Å²) in [5, 5.41) is 0. The number of nitrogens with zero attached hydrogens (tertiary/aromatic N) is 1. The average Bonchev–Trinajstić information content (AvgIpc) is 2.32. The molecule has 2 N–H and O–H groups in total. The van der Waals surface area contributed by atoms with E-state index < -0.39 is 0 Å². The molecule has 1 aromatic heterocycles. The zero-order valence-electron chi connectivity index (χ0n) is 10.4. The van der Waals surface area contributed by atoms with Crippen LogP contribution in [-0.4, -0.2) is 4.98 Å². The van der Waals surface area contributed by atoms with E-state index in [0.29, 0.717) is 0 Å². The van der Waals surface area contributed by atoms with Gasteiger partial charge in [0, 0.05) is 18.1 Å². The van der Waals surface area contributed by atoms with Gasteiger partial charge in [0.25, 0.3) is 0 Å². The Labute approximate surface area is 103 Å². The van der Waals surface area contributed by atoms with Crippen LogP contribution in [0.25, 0.3) is 0 Å². The number of anilines is 1. The minimum absolute atomic E-state index is 0.837. The Bertz CT molecular complexity index is 518. The van der Waals surface area contributed by atoms with Crippen molar-refractivity contribution in [1.82, 2.24) is 4.98 Å². The van der Waals surface area contributed by atoms with E-state index in [1.165, 1.54) is 16.7 Å². The quantitative estimate of drug-likeness (QED) is 0.873. The molecule has 0 fully saturated rings. The Hall–Kier alpha value is -1.83. The van der Waals surface area contributed by atoms with Crippen LogP contribution in [-0.2, 0) is 12.8 Å². The summed E-state index contributed by atoms with van der Waals surface area (Å²) in [6.07, 6.45) is 5.55. The maximum atomic E-state index is 5.90. The molecule has 0 radical (unpaired) electrons. The van der Waals surface area contributed by atoms with Crippen LogP contribution < -0.4 is 5.73 Å². The van der Waals surface area contributed by atoms with Gasteiger partial charge in [-0.25, -0.2) is 0 Å². The summed E-state index contributed by atoms with van der Waals surface area (Å²) in [6.45, 7) is 4.29. The topological polar surface area (TPSA) is 38.9 Å². The molecule has 0 spiro atoms. The Morgan fingerprint density at radius 3 is 2.59 bits per heavy atom. The maximum Gasteiger partial charge on any atom is 0.0377 e. The Balaban J connectivity index is 2.08. The van der Waals surface area contributed by atoms with Crippen molar-refractivity contribution in [3.8, 4) is 0 Å². The molecule has 2 aromatic rings. The van der Waals surface area contributed by atoms with Gasteiger partial charge in [-0.2, -0.15) is 0 Å². The van der Waals surface area contributed by atoms with Gasteiger partial charge in [0.15, 0.2) is 0 Å². The molecule has 0 aliphatic carbocycles. The van der Waals surface area contributed by atoms with Gasteiger partial charge in [-0.15, -0.1) is 0 Å². The van der Waals surface area contributed by atoms with Gasteiger partial charge in [-0.05, 0) is 55.0 Å². The van der Waals surface area contributed by atoms with Crippen LogP contribution in [0.15, 0.2) is 36.7 Å². The lowest BCUT2D eigenvalue weighted by Gasteiger charge is -2.07. The fraction of sp³-hybridized carbons (Fsp3) is 0.267. The number of nitrogen functional groups attached to an aromatic ring is 1. The Morgan fingerprint density at radius 2 is 1.88 bits per heavy atom. The van der Waals surface area contributed by atoms with Crippen molar-refractivity contribution in [2.75, 3.05) is 5.73 Å². The molecule has 17 heavy (non-hydrogen) atoms. The van der Waals surface area contributed by atoms with E-state index in [1.807, 2.05) is 12.3 Å². The van der Waals surface area contributed by atoms with E-state index in [1.54, 1.807) is 6.20 Å². The van der Waals surface area contributed by atoms with Crippen LogP contribution in [0.4, 0.5) is 5.69 Å². The van der Waals surface area contributed by atoms with Crippen LogP contribution in [0.3, 0.4) is 0 Å². The second-order valence-electron chi connectivity index (χ2n) is 4.49. The van der Waals surface area contributed by atoms with Crippen molar-refractivity contribution in [1.29, 1.82) is 0 Å². The second kappa shape index (κ2) is 5.00. The van der Waals surface area contributed by atoms with Crippen LogP contribution in [0.5, 0.6) is 0 Å². The summed E-state index contributed by atoms with van der Waals surface area (Å²) in [5.41, 5.74) is 11.9. The number of hydrogen-bond acceptors (Lipinski definition) is 2. The Kier molecular flexibility index (Phi) is 3.43. The summed E-state index contributed by atoms with van der Waals surface area (Å²) in [4.78, 5) is 4.11. The Morgan fingerprint density at radius 1 is 1.06 bits per heavy atom. The van der Waals surface area contributed by atoms with Crippen molar-refractivity contribution in [2.45, 2.75) is 26.7 Å². The van der Waals surface area contributed by atoms with Gasteiger partial charge in [0.05, 0.1) is 0 Å². The third-order valence-corrected chi connectivity index (χ3v) is 3.20. The second-order valence-corrected chi connectivity index (χ2v) is 4.49. The molecule has 1 aromatic carbocycles. The molecule has 2 nitrogen and oxygen atoms in total. The van der Waals surface area contributed by atoms with Crippen LogP contribution >= 0.6 is 0 Å². The largest absolute Gasteiger partial charge is 0.398 e. The molecule has 0 unspecified atom stereocenters. The standard InChI is InChI=1S/C15H18N2/c1-11-3-4-13(9-12(11)2)5-6-14-10-17-8-7-15(14)16/h3-4,7-10H,5-6H2,1-2H3,(H2,16,17). The zero-order chi connectivity index (χ0) is 12.3. The van der Waals surface area contributed by atoms with Crippen molar-refractivity contribution < 1.29 is 0 Å². The lowest BCUT2D eigenvalue weighted by atomic mass is 10.0. The van der Waals surface area contributed by atoms with E-state index >= 15 is 0 Å². The smallest absolute Gasteiger partial charge is 0.0377 e. The zero-order valence-corrected chi connectivity index (χ0v) is 10.4. The van der Waals surface area contributed by atoms with E-state index in [4.69, 9.17) is 5.73 Å². The number of nitrogens with two attached hydrogens (primary N) is 1. The van der Waals surface area contributed by atoms with Crippen LogP contribution in [0.1, 0.15) is 22.3 Å². The molecule has 0 saturated carbocycles. The lowest BCUT2D eigenvalue weighted by molar-refractivity contribution is 0.949. The van der Waals surface area contributed by atoms with Crippen molar-refractivity contribution in [2.24, 2.45) is 0 Å². The molecular formula is C15H18N2. The highest BCUT2D eigenvalue weighted by molar-refractivity contribution is 5.44. The number of rotatable bonds is 3. The predicted molar refractivity (Wildman–Crippen MR) is 72.0 cm³/mol. The number of hydrogen-bond donors (Lipinski definition) is 1. The third kappa shape index (κ3) is 2.84. The van der Waals surface area contributed by atoms with Gasteiger partial charge in [-0.1, -0.05) is 18.2 Å². The normalized spacial score (nSPS) is 10.5. The van der Waals surface area contributed by atoms with E-state index in [9.17, 15) is 0 Å². The third-order valence-electron chi connectivity index (χ3n) is 3.20. The first-order valence-electron chi connectivity index (χ1n) is 5.91. The van der Waals surface area contributed by atoms with Gasteiger partial charge >= 0.3 is 0 Å². The van der Waals surface area contributed by atoms with Crippen LogP contribution in [0.2, 0.25) is 0 Å². The molecule has 0 aliphatic rings. The molecule has 0 atom stereocenters. The molecule has 0 bridgehead atoms. The van der Waals surface area contributed by atoms with Gasteiger partial charge in [0.2, 0.25) is 0 Å². The number of pyridine rings is 1. The first-order valence-corrected chi connectivity index (χ1v) is 5.91. The fourth-order valence-corrected chi connectivity index (χ4v) is 1.88. The van der Waals surface area contributed by atoms with Gasteiger partial charge in [-0.3, -0.25) is 4.98 Å². The molecule has 88 valence electrons. The van der Waals surface area contributed by atoms with Gasteiger partial charge < -0.3 is 5.73 Å². The first-order chi connectivity index (χ1) is 8.16. The summed E-state index contributed by atoms with van der Waals surface area (Å²) in [5.74, 6) is 0. The number of benzene rings is 1. The lowest BCUT2D eigenvalue weighted by Crippen LogP contribution is -1.98. The minimum Gasteiger partial charge on any atom is -0.398 e. The maximum absolute atomic E-state index is 5.90. The molecule has 2 heteroatoms. The van der Waals surface area contributed by atoms with E-state index in [2.05, 4.69) is 37.0 Å². The van der Waals surface area contributed by atoms with Crippen molar-refractivity contribution >= 4 is 5.69 Å². The number of aromatic nitrogens is 1. The summed E-state index contributed by atoms with van der Waals surface area (Å²) in [6, 6.07) is 8.48. The summed E-state index contributed by atoms with van der Waals surface area (Å²) < 4.78 is 0. The highest BCUT2D eigenvalue weighted by Crippen LogP contribution is 2.15. The SMILES string of the molecule is Cc1ccc(CCc2cnccc2N)cc1C. The highest BCUT2D eigenvalue weighted by atomic mass is 14.7. The van der Waals surface area contributed by atoms with E-state index in [-0.39, 0.29) is 0 Å². The summed E-state index contributed by atoms with van der Waals surface area (Å²) in [7, 11) is 0. The number of aryl methyl sites for hydroxylation is 4. The molecule has 1 heterocycles. The monoisotopic (exact) mass is 226 g/mol. The molecule has 0 saturated heterocycles. The average molecular weight is 226 g/mol. The van der Waals surface area contributed by atoms with Crippen LogP contribution in [0, 0.1) is 13.8 Å². The predicted octanol–water partition coefficient (Wildman–Crippen LogP) is 3.07.